The van der Waals surface area contributed by atoms with Crippen LogP contribution in [0.2, 0.25) is 0 Å². The van der Waals surface area contributed by atoms with Crippen molar-refractivity contribution in [1.82, 2.24) is 10.3 Å². The molecule has 3 N–H and O–H groups in total. The van der Waals surface area contributed by atoms with Crippen LogP contribution in [0.25, 0.3) is 10.9 Å². The number of benzene rings is 2. The van der Waals surface area contributed by atoms with Crippen LogP contribution < -0.4 is 10.6 Å². The molecular weight excluding hydrogens is 389 g/mol. The number of carbonyl (C=O) groups excluding carboxylic acids is 2. The molecule has 7 heteroatoms. The van der Waals surface area contributed by atoms with E-state index in [2.05, 4.69) is 15.6 Å². The number of hydrogen-bond donors (Lipinski definition) is 3. The molecule has 0 aliphatic rings. The molecule has 2 amide bonds. The quantitative estimate of drug-likeness (QED) is 0.445. The summed E-state index contributed by atoms with van der Waals surface area (Å²) in [6.07, 6.45) is 2.13. The molecule has 0 aliphatic heterocycles. The van der Waals surface area contributed by atoms with Gasteiger partial charge in [0.1, 0.15) is 11.9 Å². The molecule has 5 nitrogen and oxygen atoms in total. The van der Waals surface area contributed by atoms with Crippen molar-refractivity contribution in [2.45, 2.75) is 12.5 Å². The van der Waals surface area contributed by atoms with Gasteiger partial charge in [0.25, 0.3) is 5.91 Å². The standard InChI is InChI=1S/C22H18FN3O2S/c23-15-5-3-6-16(12-15)25-21(27)19(26-22(28)20-9-4-10-29-20)11-14-13-24-18-8-2-1-7-17(14)18/h1-10,12-13,19,24H,11H2,(H,25,27)(H,26,28)/t19-/m0/s1. The Balaban J connectivity index is 1.59. The summed E-state index contributed by atoms with van der Waals surface area (Å²) in [7, 11) is 0. The van der Waals surface area contributed by atoms with Crippen molar-refractivity contribution in [3.05, 3.63) is 88.5 Å². The highest BCUT2D eigenvalue weighted by Crippen LogP contribution is 2.20. The maximum atomic E-state index is 13.5. The van der Waals surface area contributed by atoms with Crippen LogP contribution in [0.1, 0.15) is 15.2 Å². The normalized spacial score (nSPS) is 11.9. The highest BCUT2D eigenvalue weighted by molar-refractivity contribution is 7.12. The van der Waals surface area contributed by atoms with Gasteiger partial charge in [-0.1, -0.05) is 30.3 Å². The summed E-state index contributed by atoms with van der Waals surface area (Å²) in [5, 5.41) is 8.29. The zero-order valence-electron chi connectivity index (χ0n) is 15.3. The number of nitrogens with one attached hydrogen (secondary N) is 3. The molecule has 4 aromatic rings. The Hall–Kier alpha value is -3.45. The second-order valence-corrected chi connectivity index (χ2v) is 7.51. The number of anilines is 1. The van der Waals surface area contributed by atoms with Crippen LogP contribution in [0.4, 0.5) is 10.1 Å². The van der Waals surface area contributed by atoms with E-state index in [1.54, 1.807) is 23.6 Å². The Morgan fingerprint density at radius 1 is 1.07 bits per heavy atom. The molecule has 0 spiro atoms. The maximum Gasteiger partial charge on any atom is 0.262 e. The first kappa shape index (κ1) is 18.9. The largest absolute Gasteiger partial charge is 0.361 e. The van der Waals surface area contributed by atoms with E-state index in [4.69, 9.17) is 0 Å². The van der Waals surface area contributed by atoms with E-state index < -0.39 is 17.8 Å². The third-order valence-corrected chi connectivity index (χ3v) is 5.43. The molecule has 0 fully saturated rings. The van der Waals surface area contributed by atoms with Gasteiger partial charge in [-0.25, -0.2) is 4.39 Å². The lowest BCUT2D eigenvalue weighted by Crippen LogP contribution is -2.45. The van der Waals surface area contributed by atoms with Crippen molar-refractivity contribution in [3.8, 4) is 0 Å². The van der Waals surface area contributed by atoms with Gasteiger partial charge >= 0.3 is 0 Å². The fourth-order valence-corrected chi connectivity index (χ4v) is 3.79. The Kier molecular flexibility index (Phi) is 5.39. The highest BCUT2D eigenvalue weighted by atomic mass is 32.1. The first-order chi connectivity index (χ1) is 14.1. The predicted octanol–water partition coefficient (Wildman–Crippen LogP) is 4.35. The Labute approximate surface area is 170 Å². The van der Waals surface area contributed by atoms with Gasteiger partial charge in [-0.2, -0.15) is 0 Å². The van der Waals surface area contributed by atoms with E-state index in [9.17, 15) is 14.0 Å². The van der Waals surface area contributed by atoms with Crippen LogP contribution in [0.15, 0.2) is 72.2 Å². The minimum Gasteiger partial charge on any atom is -0.361 e. The summed E-state index contributed by atoms with van der Waals surface area (Å²) >= 11 is 1.30. The van der Waals surface area contributed by atoms with E-state index >= 15 is 0 Å². The van der Waals surface area contributed by atoms with Gasteiger partial charge in [0.2, 0.25) is 5.91 Å². The molecule has 0 unspecified atom stereocenters. The first-order valence-corrected chi connectivity index (χ1v) is 9.94. The lowest BCUT2D eigenvalue weighted by molar-refractivity contribution is -0.118. The molecule has 0 radical (unpaired) electrons. The summed E-state index contributed by atoms with van der Waals surface area (Å²) in [5.74, 6) is -1.18. The molecule has 2 heterocycles. The fraction of sp³-hybridized carbons (Fsp3) is 0.0909. The van der Waals surface area contributed by atoms with Crippen molar-refractivity contribution in [3.63, 3.8) is 0 Å². The lowest BCUT2D eigenvalue weighted by atomic mass is 10.0. The fourth-order valence-electron chi connectivity index (χ4n) is 3.16. The molecule has 29 heavy (non-hydrogen) atoms. The molecule has 0 saturated heterocycles. The molecule has 2 aromatic heterocycles. The van der Waals surface area contributed by atoms with Crippen molar-refractivity contribution >= 4 is 39.7 Å². The van der Waals surface area contributed by atoms with Crippen molar-refractivity contribution in [1.29, 1.82) is 0 Å². The zero-order chi connectivity index (χ0) is 20.2. The van der Waals surface area contributed by atoms with Gasteiger partial charge in [-0.3, -0.25) is 9.59 Å². The van der Waals surface area contributed by atoms with Crippen molar-refractivity contribution in [2.75, 3.05) is 5.32 Å². The number of para-hydroxylation sites is 1. The Bertz CT molecular complexity index is 1150. The van der Waals surface area contributed by atoms with E-state index in [0.29, 0.717) is 17.0 Å². The SMILES string of the molecule is O=C(N[C@@H](Cc1c[nH]c2ccccc12)C(=O)Nc1cccc(F)c1)c1cccs1. The summed E-state index contributed by atoms with van der Waals surface area (Å²) in [6.45, 7) is 0. The minimum atomic E-state index is -0.827. The number of thiophene rings is 1. The topological polar surface area (TPSA) is 74.0 Å². The Morgan fingerprint density at radius 3 is 2.72 bits per heavy atom. The minimum absolute atomic E-state index is 0.294. The third kappa shape index (κ3) is 4.35. The summed E-state index contributed by atoms with van der Waals surface area (Å²) in [4.78, 5) is 29.2. The number of rotatable bonds is 6. The average molecular weight is 407 g/mol. The monoisotopic (exact) mass is 407 g/mol. The van der Waals surface area contributed by atoms with Crippen LogP contribution in [-0.2, 0) is 11.2 Å². The van der Waals surface area contributed by atoms with Crippen LogP contribution in [0, 0.1) is 5.82 Å². The number of H-pyrrole nitrogens is 1. The number of hydrogen-bond acceptors (Lipinski definition) is 3. The number of aromatic amines is 1. The number of amides is 2. The second-order valence-electron chi connectivity index (χ2n) is 6.57. The summed E-state index contributed by atoms with van der Waals surface area (Å²) in [6, 6.07) is 16.1. The van der Waals surface area contributed by atoms with Gasteiger partial charge in [-0.05, 0) is 41.3 Å². The average Bonchev–Trinajstić information content (AvgIpc) is 3.38. The summed E-state index contributed by atoms with van der Waals surface area (Å²) < 4.78 is 13.5. The first-order valence-electron chi connectivity index (χ1n) is 9.06. The number of carbonyl (C=O) groups is 2. The van der Waals surface area contributed by atoms with Crippen molar-refractivity contribution < 1.29 is 14.0 Å². The molecule has 0 aliphatic carbocycles. The van der Waals surface area contributed by atoms with Gasteiger partial charge < -0.3 is 15.6 Å². The Morgan fingerprint density at radius 2 is 1.93 bits per heavy atom. The van der Waals surface area contributed by atoms with E-state index in [0.717, 1.165) is 16.5 Å². The van der Waals surface area contributed by atoms with Gasteiger partial charge in [0.15, 0.2) is 0 Å². The second kappa shape index (κ2) is 8.28. The van der Waals surface area contributed by atoms with Crippen LogP contribution >= 0.6 is 11.3 Å². The zero-order valence-corrected chi connectivity index (χ0v) is 16.1. The molecule has 0 bridgehead atoms. The summed E-state index contributed by atoms with van der Waals surface area (Å²) in [5.41, 5.74) is 2.20. The maximum absolute atomic E-state index is 13.5. The lowest BCUT2D eigenvalue weighted by Gasteiger charge is -2.18. The molecule has 146 valence electrons. The highest BCUT2D eigenvalue weighted by Gasteiger charge is 2.24. The van der Waals surface area contributed by atoms with Gasteiger partial charge in [0.05, 0.1) is 4.88 Å². The number of fused-ring (bicyclic) bond motifs is 1. The predicted molar refractivity (Wildman–Crippen MR) is 113 cm³/mol. The molecule has 2 aromatic carbocycles. The van der Waals surface area contributed by atoms with Gasteiger partial charge in [-0.15, -0.1) is 11.3 Å². The molecule has 0 saturated carbocycles. The van der Waals surface area contributed by atoms with E-state index in [1.165, 1.54) is 29.5 Å². The van der Waals surface area contributed by atoms with E-state index in [1.807, 2.05) is 30.5 Å². The van der Waals surface area contributed by atoms with Gasteiger partial charge in [0, 0.05) is 29.2 Å². The number of halogens is 1. The van der Waals surface area contributed by atoms with Crippen LogP contribution in [0.3, 0.4) is 0 Å². The number of aromatic nitrogens is 1. The van der Waals surface area contributed by atoms with Crippen LogP contribution in [0.5, 0.6) is 0 Å². The van der Waals surface area contributed by atoms with Crippen molar-refractivity contribution in [2.24, 2.45) is 0 Å². The third-order valence-electron chi connectivity index (χ3n) is 4.56. The van der Waals surface area contributed by atoms with E-state index in [-0.39, 0.29) is 5.91 Å². The molecular formula is C22H18FN3O2S. The van der Waals surface area contributed by atoms with Crippen LogP contribution in [-0.4, -0.2) is 22.8 Å². The molecule has 1 atom stereocenters. The molecule has 4 rings (SSSR count). The smallest absolute Gasteiger partial charge is 0.262 e.